The van der Waals surface area contributed by atoms with Gasteiger partial charge in [0.05, 0.1) is 0 Å². The van der Waals surface area contributed by atoms with Gasteiger partial charge < -0.3 is 20.5 Å². The summed E-state index contributed by atoms with van der Waals surface area (Å²) in [4.78, 5) is 36.2. The van der Waals surface area contributed by atoms with E-state index in [4.69, 9.17) is 0 Å². The number of amides is 3. The maximum atomic E-state index is 12.5. The standard InChI is InChI=1S/C19H24N4O3/c1-12-5-6-13(2)15(9-12)10-21-17(24)11-23-14(3)7-8-16(18(23)25)22-19(26)20-4/h5-9H,10-11H2,1-4H3,(H,21,24)(H2,20,22,26). The minimum absolute atomic E-state index is 0.112. The number of hydrogen-bond acceptors (Lipinski definition) is 3. The predicted octanol–water partition coefficient (Wildman–Crippen LogP) is 1.84. The van der Waals surface area contributed by atoms with Crippen molar-refractivity contribution in [3.63, 3.8) is 0 Å². The highest BCUT2D eigenvalue weighted by Crippen LogP contribution is 2.10. The summed E-state index contributed by atoms with van der Waals surface area (Å²) < 4.78 is 1.34. The monoisotopic (exact) mass is 356 g/mol. The molecule has 0 aliphatic heterocycles. The smallest absolute Gasteiger partial charge is 0.319 e. The lowest BCUT2D eigenvalue weighted by molar-refractivity contribution is -0.121. The van der Waals surface area contributed by atoms with Crippen molar-refractivity contribution in [2.24, 2.45) is 0 Å². The minimum Gasteiger partial charge on any atom is -0.350 e. The van der Waals surface area contributed by atoms with Crippen LogP contribution in [0.3, 0.4) is 0 Å². The number of hydrogen-bond donors (Lipinski definition) is 3. The largest absolute Gasteiger partial charge is 0.350 e. The Morgan fingerprint density at radius 3 is 2.50 bits per heavy atom. The van der Waals surface area contributed by atoms with Gasteiger partial charge in [-0.3, -0.25) is 9.59 Å². The lowest BCUT2D eigenvalue weighted by Gasteiger charge is -2.13. The van der Waals surface area contributed by atoms with Gasteiger partial charge in [-0.2, -0.15) is 0 Å². The van der Waals surface area contributed by atoms with Gasteiger partial charge in [0.25, 0.3) is 5.56 Å². The van der Waals surface area contributed by atoms with Gasteiger partial charge in [0.2, 0.25) is 5.91 Å². The van der Waals surface area contributed by atoms with Crippen molar-refractivity contribution in [1.82, 2.24) is 15.2 Å². The average Bonchev–Trinajstić information content (AvgIpc) is 2.61. The number of carbonyl (C=O) groups excluding carboxylic acids is 2. The molecule has 0 aliphatic rings. The fraction of sp³-hybridized carbons (Fsp3) is 0.316. The number of nitrogens with zero attached hydrogens (tertiary/aromatic N) is 1. The van der Waals surface area contributed by atoms with Crippen molar-refractivity contribution in [3.05, 3.63) is 63.1 Å². The van der Waals surface area contributed by atoms with E-state index >= 15 is 0 Å². The minimum atomic E-state index is -0.489. The highest BCUT2D eigenvalue weighted by atomic mass is 16.2. The predicted molar refractivity (Wildman–Crippen MR) is 101 cm³/mol. The van der Waals surface area contributed by atoms with E-state index in [0.29, 0.717) is 12.2 Å². The lowest BCUT2D eigenvalue weighted by Crippen LogP contribution is -2.35. The quantitative estimate of drug-likeness (QED) is 0.763. The van der Waals surface area contributed by atoms with Crippen LogP contribution >= 0.6 is 0 Å². The van der Waals surface area contributed by atoms with E-state index in [1.54, 1.807) is 13.0 Å². The SMILES string of the molecule is CNC(=O)Nc1ccc(C)n(CC(=O)NCc2cc(C)ccc2C)c1=O. The summed E-state index contributed by atoms with van der Waals surface area (Å²) in [5, 5.41) is 7.69. The van der Waals surface area contributed by atoms with Crippen LogP contribution in [-0.2, 0) is 17.9 Å². The van der Waals surface area contributed by atoms with E-state index in [2.05, 4.69) is 16.0 Å². The van der Waals surface area contributed by atoms with Crippen LogP contribution in [0.25, 0.3) is 0 Å². The van der Waals surface area contributed by atoms with Crippen LogP contribution < -0.4 is 21.5 Å². The van der Waals surface area contributed by atoms with E-state index in [1.807, 2.05) is 32.0 Å². The number of benzene rings is 1. The number of rotatable bonds is 5. The van der Waals surface area contributed by atoms with Crippen LogP contribution in [0.15, 0.2) is 35.1 Å². The zero-order chi connectivity index (χ0) is 19.3. The molecule has 3 amide bonds. The topological polar surface area (TPSA) is 92.2 Å². The fourth-order valence-corrected chi connectivity index (χ4v) is 2.53. The number of anilines is 1. The number of aryl methyl sites for hydroxylation is 3. The van der Waals surface area contributed by atoms with Crippen LogP contribution in [0.4, 0.5) is 10.5 Å². The van der Waals surface area contributed by atoms with Crippen LogP contribution in [0.1, 0.15) is 22.4 Å². The number of carbonyl (C=O) groups is 2. The fourth-order valence-electron chi connectivity index (χ4n) is 2.53. The van der Waals surface area contributed by atoms with Crippen molar-refractivity contribution >= 4 is 17.6 Å². The molecule has 1 aromatic heterocycles. The third-order valence-electron chi connectivity index (χ3n) is 4.15. The van der Waals surface area contributed by atoms with Crippen LogP contribution in [0.2, 0.25) is 0 Å². The molecular weight excluding hydrogens is 332 g/mol. The third-order valence-corrected chi connectivity index (χ3v) is 4.15. The second-order valence-electron chi connectivity index (χ2n) is 6.19. The first-order valence-electron chi connectivity index (χ1n) is 8.34. The van der Waals surface area contributed by atoms with Crippen LogP contribution in [0, 0.1) is 20.8 Å². The molecule has 1 heterocycles. The van der Waals surface area contributed by atoms with E-state index in [0.717, 1.165) is 16.7 Å². The summed E-state index contributed by atoms with van der Waals surface area (Å²) in [6.07, 6.45) is 0. The molecule has 0 fully saturated rings. The molecule has 0 aliphatic carbocycles. The van der Waals surface area contributed by atoms with Gasteiger partial charge in [0.15, 0.2) is 0 Å². The molecule has 0 radical (unpaired) electrons. The van der Waals surface area contributed by atoms with Crippen molar-refractivity contribution in [2.75, 3.05) is 12.4 Å². The Bertz CT molecular complexity index is 887. The Balaban J connectivity index is 2.11. The maximum absolute atomic E-state index is 12.5. The molecule has 0 spiro atoms. The second-order valence-corrected chi connectivity index (χ2v) is 6.19. The zero-order valence-electron chi connectivity index (χ0n) is 15.5. The summed E-state index contributed by atoms with van der Waals surface area (Å²) in [5.41, 5.74) is 3.60. The Kier molecular flexibility index (Phi) is 6.16. The zero-order valence-corrected chi connectivity index (χ0v) is 15.5. The van der Waals surface area contributed by atoms with E-state index < -0.39 is 11.6 Å². The molecule has 7 nitrogen and oxygen atoms in total. The van der Waals surface area contributed by atoms with Gasteiger partial charge in [-0.25, -0.2) is 4.79 Å². The maximum Gasteiger partial charge on any atom is 0.319 e. The summed E-state index contributed by atoms with van der Waals surface area (Å²) >= 11 is 0. The van der Waals surface area contributed by atoms with Crippen molar-refractivity contribution in [1.29, 1.82) is 0 Å². The molecule has 2 rings (SSSR count). The molecule has 0 saturated heterocycles. The van der Waals surface area contributed by atoms with Gasteiger partial charge >= 0.3 is 6.03 Å². The molecule has 0 bridgehead atoms. The van der Waals surface area contributed by atoms with Gasteiger partial charge in [-0.15, -0.1) is 0 Å². The van der Waals surface area contributed by atoms with Crippen LogP contribution in [-0.4, -0.2) is 23.6 Å². The van der Waals surface area contributed by atoms with Crippen LogP contribution in [0.5, 0.6) is 0 Å². The van der Waals surface area contributed by atoms with Crippen molar-refractivity contribution in [3.8, 4) is 0 Å². The summed E-state index contributed by atoms with van der Waals surface area (Å²) in [7, 11) is 1.46. The lowest BCUT2D eigenvalue weighted by atomic mass is 10.1. The molecular formula is C19H24N4O3. The molecule has 3 N–H and O–H groups in total. The number of pyridine rings is 1. The first-order valence-corrected chi connectivity index (χ1v) is 8.34. The molecule has 26 heavy (non-hydrogen) atoms. The molecule has 138 valence electrons. The summed E-state index contributed by atoms with van der Waals surface area (Å²) in [5.74, 6) is -0.270. The Labute approximate surface area is 152 Å². The molecule has 2 aromatic rings. The van der Waals surface area contributed by atoms with E-state index in [9.17, 15) is 14.4 Å². The molecule has 0 unspecified atom stereocenters. The highest BCUT2D eigenvalue weighted by Gasteiger charge is 2.12. The third kappa shape index (κ3) is 4.72. The second kappa shape index (κ2) is 8.33. The normalized spacial score (nSPS) is 10.3. The first kappa shape index (κ1) is 19.2. The molecule has 7 heteroatoms. The Morgan fingerprint density at radius 2 is 1.81 bits per heavy atom. The Morgan fingerprint density at radius 1 is 1.08 bits per heavy atom. The molecule has 1 aromatic carbocycles. The highest BCUT2D eigenvalue weighted by molar-refractivity contribution is 5.88. The van der Waals surface area contributed by atoms with Gasteiger partial charge in [-0.05, 0) is 44.0 Å². The average molecular weight is 356 g/mol. The molecule has 0 atom stereocenters. The number of aromatic nitrogens is 1. The number of nitrogens with one attached hydrogen (secondary N) is 3. The molecule has 0 saturated carbocycles. The van der Waals surface area contributed by atoms with E-state index in [-0.39, 0.29) is 18.1 Å². The van der Waals surface area contributed by atoms with Gasteiger partial charge in [-0.1, -0.05) is 23.8 Å². The van der Waals surface area contributed by atoms with Gasteiger partial charge in [0, 0.05) is 19.3 Å². The summed E-state index contributed by atoms with van der Waals surface area (Å²) in [6, 6.07) is 8.79. The van der Waals surface area contributed by atoms with Gasteiger partial charge in [0.1, 0.15) is 12.2 Å². The first-order chi connectivity index (χ1) is 12.3. The van der Waals surface area contributed by atoms with Crippen molar-refractivity contribution in [2.45, 2.75) is 33.9 Å². The summed E-state index contributed by atoms with van der Waals surface area (Å²) in [6.45, 7) is 6.01. The van der Waals surface area contributed by atoms with Crippen molar-refractivity contribution < 1.29 is 9.59 Å². The Hall–Kier alpha value is -3.09. The van der Waals surface area contributed by atoms with E-state index in [1.165, 1.54) is 17.7 Å². The number of urea groups is 1.